The second-order valence-electron chi connectivity index (χ2n) is 6.88. The Kier molecular flexibility index (Phi) is 5.87. The van der Waals surface area contributed by atoms with Crippen LogP contribution in [0.15, 0.2) is 36.4 Å². The van der Waals surface area contributed by atoms with E-state index in [1.165, 1.54) is 6.08 Å². The van der Waals surface area contributed by atoms with Crippen molar-refractivity contribution >= 4 is 29.3 Å². The largest absolute Gasteiger partial charge is 0.478 e. The van der Waals surface area contributed by atoms with Crippen LogP contribution >= 0.6 is 11.6 Å². The first-order valence-corrected chi connectivity index (χ1v) is 8.53. The fourth-order valence-corrected chi connectivity index (χ4v) is 2.68. The second kappa shape index (κ2) is 7.74. The number of carboxylic acids is 1. The lowest BCUT2D eigenvalue weighted by Crippen LogP contribution is -2.27. The van der Waals surface area contributed by atoms with E-state index in [0.29, 0.717) is 28.5 Å². The molecule has 1 aromatic heterocycles. The minimum Gasteiger partial charge on any atom is -0.478 e. The molecule has 0 aliphatic heterocycles. The zero-order valence-electron chi connectivity index (χ0n) is 15.2. The van der Waals surface area contributed by atoms with Gasteiger partial charge >= 0.3 is 5.97 Å². The molecule has 6 nitrogen and oxygen atoms in total. The van der Waals surface area contributed by atoms with E-state index in [1.54, 1.807) is 28.9 Å². The van der Waals surface area contributed by atoms with Gasteiger partial charge in [0.05, 0.1) is 21.8 Å². The SMILES string of the molecule is Cc1c(CC=CC(=O)O)nn(C(C)(C)C)c1NC(=O)c1ccccc1Cl. The number of anilines is 1. The molecular weight excluding hydrogens is 354 g/mol. The molecular formula is C19H22ClN3O3. The van der Waals surface area contributed by atoms with Gasteiger partial charge in [-0.25, -0.2) is 9.48 Å². The third-order valence-electron chi connectivity index (χ3n) is 3.78. The van der Waals surface area contributed by atoms with Crippen LogP contribution in [0.2, 0.25) is 5.02 Å². The van der Waals surface area contributed by atoms with Gasteiger partial charge in [-0.2, -0.15) is 5.10 Å². The van der Waals surface area contributed by atoms with Gasteiger partial charge in [0, 0.05) is 18.1 Å². The summed E-state index contributed by atoms with van der Waals surface area (Å²) in [7, 11) is 0. The smallest absolute Gasteiger partial charge is 0.327 e. The molecule has 0 saturated heterocycles. The molecule has 2 N–H and O–H groups in total. The first kappa shape index (κ1) is 19.7. The van der Waals surface area contributed by atoms with Gasteiger partial charge in [-0.1, -0.05) is 29.8 Å². The van der Waals surface area contributed by atoms with Crippen molar-refractivity contribution in [1.29, 1.82) is 0 Å². The number of amides is 1. The summed E-state index contributed by atoms with van der Waals surface area (Å²) >= 11 is 6.11. The van der Waals surface area contributed by atoms with Gasteiger partial charge in [-0.05, 0) is 39.8 Å². The number of carbonyl (C=O) groups excluding carboxylic acids is 1. The van der Waals surface area contributed by atoms with E-state index in [-0.39, 0.29) is 11.4 Å². The summed E-state index contributed by atoms with van der Waals surface area (Å²) in [6, 6.07) is 6.82. The fourth-order valence-electron chi connectivity index (χ4n) is 2.46. The highest BCUT2D eigenvalue weighted by molar-refractivity contribution is 6.34. The normalized spacial score (nSPS) is 11.7. The molecule has 2 aromatic rings. The minimum atomic E-state index is -1.01. The highest BCUT2D eigenvalue weighted by Crippen LogP contribution is 2.28. The number of halogens is 1. The maximum Gasteiger partial charge on any atom is 0.327 e. The quantitative estimate of drug-likeness (QED) is 0.772. The van der Waals surface area contributed by atoms with Crippen molar-refractivity contribution in [2.24, 2.45) is 0 Å². The zero-order chi connectivity index (χ0) is 19.5. The van der Waals surface area contributed by atoms with Crippen LogP contribution in [0, 0.1) is 6.92 Å². The van der Waals surface area contributed by atoms with Crippen molar-refractivity contribution in [3.8, 4) is 0 Å². The number of aliphatic carboxylic acids is 1. The summed E-state index contributed by atoms with van der Waals surface area (Å²) in [5.41, 5.74) is 1.49. The molecule has 0 bridgehead atoms. The lowest BCUT2D eigenvalue weighted by molar-refractivity contribution is -0.131. The molecule has 2 rings (SSSR count). The molecule has 26 heavy (non-hydrogen) atoms. The van der Waals surface area contributed by atoms with Crippen molar-refractivity contribution in [2.45, 2.75) is 39.7 Å². The molecule has 0 aliphatic carbocycles. The molecule has 1 amide bonds. The summed E-state index contributed by atoms with van der Waals surface area (Å²) in [6.07, 6.45) is 2.97. The van der Waals surface area contributed by atoms with Gasteiger partial charge in [0.1, 0.15) is 5.82 Å². The Morgan fingerprint density at radius 1 is 1.31 bits per heavy atom. The van der Waals surface area contributed by atoms with Crippen molar-refractivity contribution in [3.05, 3.63) is 58.3 Å². The van der Waals surface area contributed by atoms with Crippen LogP contribution in [0.25, 0.3) is 0 Å². The Hall–Kier alpha value is -2.60. The van der Waals surface area contributed by atoms with Crippen molar-refractivity contribution < 1.29 is 14.7 Å². The van der Waals surface area contributed by atoms with Crippen LogP contribution in [-0.4, -0.2) is 26.8 Å². The van der Waals surface area contributed by atoms with E-state index in [1.807, 2.05) is 27.7 Å². The number of nitrogens with zero attached hydrogens (tertiary/aromatic N) is 2. The maximum absolute atomic E-state index is 12.7. The summed E-state index contributed by atoms with van der Waals surface area (Å²) in [4.78, 5) is 23.3. The average molecular weight is 376 g/mol. The van der Waals surface area contributed by atoms with Gasteiger partial charge < -0.3 is 10.4 Å². The van der Waals surface area contributed by atoms with Crippen molar-refractivity contribution in [3.63, 3.8) is 0 Å². The number of aromatic nitrogens is 2. The summed E-state index contributed by atoms with van der Waals surface area (Å²) in [6.45, 7) is 7.77. The molecule has 0 unspecified atom stereocenters. The van der Waals surface area contributed by atoms with Crippen LogP contribution in [0.5, 0.6) is 0 Å². The molecule has 138 valence electrons. The third-order valence-corrected chi connectivity index (χ3v) is 4.11. The van der Waals surface area contributed by atoms with Crippen LogP contribution in [0.3, 0.4) is 0 Å². The number of hydrogen-bond acceptors (Lipinski definition) is 3. The average Bonchev–Trinajstić information content (AvgIpc) is 2.84. The highest BCUT2D eigenvalue weighted by atomic mass is 35.5. The second-order valence-corrected chi connectivity index (χ2v) is 7.29. The van der Waals surface area contributed by atoms with Crippen molar-refractivity contribution in [1.82, 2.24) is 9.78 Å². The molecule has 0 atom stereocenters. The predicted molar refractivity (Wildman–Crippen MR) is 102 cm³/mol. The van der Waals surface area contributed by atoms with E-state index in [4.69, 9.17) is 16.7 Å². The zero-order valence-corrected chi connectivity index (χ0v) is 16.0. The Morgan fingerprint density at radius 2 is 1.96 bits per heavy atom. The van der Waals surface area contributed by atoms with Crippen LogP contribution in [0.1, 0.15) is 42.4 Å². The Morgan fingerprint density at radius 3 is 2.54 bits per heavy atom. The molecule has 0 aliphatic rings. The third kappa shape index (κ3) is 4.52. The van der Waals surface area contributed by atoms with Gasteiger partial charge in [0.25, 0.3) is 5.91 Å². The molecule has 0 fully saturated rings. The van der Waals surface area contributed by atoms with E-state index in [2.05, 4.69) is 10.4 Å². The Bertz CT molecular complexity index is 863. The Balaban J connectivity index is 2.40. The summed E-state index contributed by atoms with van der Waals surface area (Å²) < 4.78 is 1.74. The summed E-state index contributed by atoms with van der Waals surface area (Å²) in [5.74, 6) is -0.761. The molecule has 0 saturated carbocycles. The summed E-state index contributed by atoms with van der Waals surface area (Å²) in [5, 5.41) is 16.6. The monoisotopic (exact) mass is 375 g/mol. The van der Waals surface area contributed by atoms with Crippen LogP contribution in [0.4, 0.5) is 5.82 Å². The number of benzene rings is 1. The van der Waals surface area contributed by atoms with E-state index in [9.17, 15) is 9.59 Å². The van der Waals surface area contributed by atoms with Crippen LogP contribution < -0.4 is 5.32 Å². The number of carbonyl (C=O) groups is 2. The molecule has 0 spiro atoms. The number of carboxylic acid groups (broad SMARTS) is 1. The Labute approximate surface area is 157 Å². The van der Waals surface area contributed by atoms with Gasteiger partial charge in [-0.15, -0.1) is 0 Å². The number of hydrogen-bond donors (Lipinski definition) is 2. The minimum absolute atomic E-state index is 0.322. The van der Waals surface area contributed by atoms with Crippen LogP contribution in [-0.2, 0) is 16.8 Å². The molecule has 1 heterocycles. The molecule has 0 radical (unpaired) electrons. The molecule has 7 heteroatoms. The van der Waals surface area contributed by atoms with Gasteiger partial charge in [0.15, 0.2) is 0 Å². The number of allylic oxidation sites excluding steroid dienone is 1. The van der Waals surface area contributed by atoms with E-state index >= 15 is 0 Å². The lowest BCUT2D eigenvalue weighted by Gasteiger charge is -2.23. The first-order chi connectivity index (χ1) is 12.1. The fraction of sp³-hybridized carbons (Fsp3) is 0.316. The number of rotatable bonds is 5. The van der Waals surface area contributed by atoms with Gasteiger partial charge in [0.2, 0.25) is 0 Å². The maximum atomic E-state index is 12.7. The topological polar surface area (TPSA) is 84.2 Å². The van der Waals surface area contributed by atoms with Gasteiger partial charge in [-0.3, -0.25) is 4.79 Å². The lowest BCUT2D eigenvalue weighted by atomic mass is 10.1. The van der Waals surface area contributed by atoms with E-state index < -0.39 is 5.97 Å². The van der Waals surface area contributed by atoms with E-state index in [0.717, 1.165) is 11.6 Å². The standard InChI is InChI=1S/C19H22ClN3O3/c1-12-15(10-7-11-16(24)25)22-23(19(2,3)4)17(12)21-18(26)13-8-5-6-9-14(13)20/h5-9,11H,10H2,1-4H3,(H,21,26)(H,24,25). The highest BCUT2D eigenvalue weighted by Gasteiger charge is 2.24. The first-order valence-electron chi connectivity index (χ1n) is 8.15. The predicted octanol–water partition coefficient (Wildman–Crippen LogP) is 4.04. The molecule has 1 aromatic carbocycles. The number of nitrogens with one attached hydrogen (secondary N) is 1. The van der Waals surface area contributed by atoms with Crippen molar-refractivity contribution in [2.75, 3.05) is 5.32 Å².